The quantitative estimate of drug-likeness (QED) is 0.582. The maximum absolute atomic E-state index is 12.8. The summed E-state index contributed by atoms with van der Waals surface area (Å²) in [6.45, 7) is 4.00. The van der Waals surface area contributed by atoms with Gasteiger partial charge < -0.3 is 10.4 Å². The van der Waals surface area contributed by atoms with Gasteiger partial charge in [0.15, 0.2) is 0 Å². The standard InChI is InChI=1S/C13H7Cl2FN2O4.C2H6/c14-8-5-9(15)12(19)11(18(21)22)10(8)13(20)17-7-3-1-6(16)2-4-7;1-2/h1-5,19H,(H,17,20);1-2H3. The van der Waals surface area contributed by atoms with E-state index in [4.69, 9.17) is 23.2 Å². The molecule has 6 nitrogen and oxygen atoms in total. The maximum Gasteiger partial charge on any atom is 0.326 e. The summed E-state index contributed by atoms with van der Waals surface area (Å²) in [5.41, 5.74) is -1.25. The Hall–Kier alpha value is -2.38. The number of rotatable bonds is 3. The first kappa shape index (κ1) is 19.7. The minimum atomic E-state index is -0.966. The van der Waals surface area contributed by atoms with E-state index in [0.717, 1.165) is 18.2 Å². The van der Waals surface area contributed by atoms with E-state index >= 15 is 0 Å². The molecule has 0 unspecified atom stereocenters. The molecule has 0 aromatic heterocycles. The summed E-state index contributed by atoms with van der Waals surface area (Å²) in [4.78, 5) is 22.2. The molecule has 0 spiro atoms. The predicted octanol–water partition coefficient (Wildman–Crippen LogP) is 5.02. The number of nitro benzene ring substituents is 1. The molecule has 0 aliphatic rings. The number of phenols is 1. The van der Waals surface area contributed by atoms with Crippen molar-refractivity contribution in [1.29, 1.82) is 0 Å². The van der Waals surface area contributed by atoms with Gasteiger partial charge >= 0.3 is 5.69 Å². The molecule has 9 heteroatoms. The average molecular weight is 375 g/mol. The van der Waals surface area contributed by atoms with E-state index < -0.39 is 33.6 Å². The number of aromatic hydroxyl groups is 1. The van der Waals surface area contributed by atoms with Gasteiger partial charge in [-0.05, 0) is 30.3 Å². The van der Waals surface area contributed by atoms with Crippen LogP contribution in [-0.4, -0.2) is 15.9 Å². The highest BCUT2D eigenvalue weighted by Gasteiger charge is 2.30. The Bertz CT molecular complexity index is 767. The summed E-state index contributed by atoms with van der Waals surface area (Å²) in [6.07, 6.45) is 0. The van der Waals surface area contributed by atoms with Crippen LogP contribution in [0.3, 0.4) is 0 Å². The highest BCUT2D eigenvalue weighted by molar-refractivity contribution is 6.39. The molecule has 0 aliphatic carbocycles. The normalized spacial score (nSPS) is 9.71. The van der Waals surface area contributed by atoms with E-state index in [9.17, 15) is 24.4 Å². The van der Waals surface area contributed by atoms with Gasteiger partial charge in [-0.1, -0.05) is 37.0 Å². The second-order valence-electron chi connectivity index (χ2n) is 4.13. The van der Waals surface area contributed by atoms with Crippen LogP contribution in [0.5, 0.6) is 5.75 Å². The summed E-state index contributed by atoms with van der Waals surface area (Å²) >= 11 is 11.4. The molecule has 2 aromatic carbocycles. The fourth-order valence-corrected chi connectivity index (χ4v) is 2.26. The van der Waals surface area contributed by atoms with Gasteiger partial charge in [-0.3, -0.25) is 14.9 Å². The van der Waals surface area contributed by atoms with Crippen LogP contribution in [0.2, 0.25) is 10.0 Å². The van der Waals surface area contributed by atoms with Crippen LogP contribution in [0.15, 0.2) is 30.3 Å². The molecule has 0 radical (unpaired) electrons. The van der Waals surface area contributed by atoms with Crippen LogP contribution in [0, 0.1) is 15.9 Å². The number of nitrogens with one attached hydrogen (secondary N) is 1. The third kappa shape index (κ3) is 4.33. The highest BCUT2D eigenvalue weighted by atomic mass is 35.5. The average Bonchev–Trinajstić information content (AvgIpc) is 2.54. The van der Waals surface area contributed by atoms with Crippen molar-refractivity contribution in [2.24, 2.45) is 0 Å². The van der Waals surface area contributed by atoms with Crippen LogP contribution in [0.4, 0.5) is 15.8 Å². The number of nitro groups is 1. The first-order valence-corrected chi connectivity index (χ1v) is 7.49. The number of halogens is 3. The van der Waals surface area contributed by atoms with Crippen molar-refractivity contribution in [2.45, 2.75) is 13.8 Å². The first-order chi connectivity index (χ1) is 11.3. The summed E-state index contributed by atoms with van der Waals surface area (Å²) in [5.74, 6) is -2.30. The molecule has 1 amide bonds. The van der Waals surface area contributed by atoms with E-state index in [-0.39, 0.29) is 15.7 Å². The topological polar surface area (TPSA) is 92.5 Å². The maximum atomic E-state index is 12.8. The number of hydrogen-bond acceptors (Lipinski definition) is 4. The second-order valence-corrected chi connectivity index (χ2v) is 4.94. The third-order valence-corrected chi connectivity index (χ3v) is 3.28. The van der Waals surface area contributed by atoms with Crippen molar-refractivity contribution in [1.82, 2.24) is 0 Å². The van der Waals surface area contributed by atoms with Crippen molar-refractivity contribution >= 4 is 40.5 Å². The van der Waals surface area contributed by atoms with Crippen LogP contribution in [0.25, 0.3) is 0 Å². The molecule has 24 heavy (non-hydrogen) atoms. The highest BCUT2D eigenvalue weighted by Crippen LogP contribution is 2.41. The lowest BCUT2D eigenvalue weighted by Crippen LogP contribution is -2.15. The number of amides is 1. The lowest BCUT2D eigenvalue weighted by molar-refractivity contribution is -0.386. The van der Waals surface area contributed by atoms with Crippen molar-refractivity contribution in [3.8, 4) is 5.75 Å². The zero-order valence-electron chi connectivity index (χ0n) is 12.6. The minimum Gasteiger partial charge on any atom is -0.501 e. The Balaban J connectivity index is 0.00000139. The molecule has 128 valence electrons. The Labute approximate surface area is 147 Å². The van der Waals surface area contributed by atoms with E-state index in [1.807, 2.05) is 13.8 Å². The summed E-state index contributed by atoms with van der Waals surface area (Å²) < 4.78 is 12.8. The number of hydrogen-bond donors (Lipinski definition) is 2. The Morgan fingerprint density at radius 3 is 2.25 bits per heavy atom. The summed E-state index contributed by atoms with van der Waals surface area (Å²) in [5, 5.41) is 22.4. The SMILES string of the molecule is CC.O=C(Nc1ccc(F)cc1)c1c(Cl)cc(Cl)c(O)c1[N+](=O)[O-]. The molecule has 0 heterocycles. The summed E-state index contributed by atoms with van der Waals surface area (Å²) in [6, 6.07) is 5.76. The fraction of sp³-hybridized carbons (Fsp3) is 0.133. The molecule has 0 saturated heterocycles. The molecule has 2 N–H and O–H groups in total. The van der Waals surface area contributed by atoms with E-state index in [1.165, 1.54) is 12.1 Å². The monoisotopic (exact) mass is 374 g/mol. The molecular weight excluding hydrogens is 362 g/mol. The first-order valence-electron chi connectivity index (χ1n) is 6.73. The largest absolute Gasteiger partial charge is 0.501 e. The molecule has 0 atom stereocenters. The number of benzene rings is 2. The van der Waals surface area contributed by atoms with Gasteiger partial charge in [0, 0.05) is 5.69 Å². The Kier molecular flexibility index (Phi) is 6.94. The number of carbonyl (C=O) groups is 1. The Morgan fingerprint density at radius 1 is 1.21 bits per heavy atom. The summed E-state index contributed by atoms with van der Waals surface area (Å²) in [7, 11) is 0. The van der Waals surface area contributed by atoms with Gasteiger partial charge in [0.2, 0.25) is 5.75 Å². The van der Waals surface area contributed by atoms with Gasteiger partial charge in [-0.15, -0.1) is 0 Å². The van der Waals surface area contributed by atoms with E-state index in [1.54, 1.807) is 0 Å². The third-order valence-electron chi connectivity index (χ3n) is 2.69. The zero-order valence-corrected chi connectivity index (χ0v) is 14.2. The van der Waals surface area contributed by atoms with Crippen LogP contribution < -0.4 is 5.32 Å². The number of phenolic OH excluding ortho intramolecular Hbond substituents is 1. The zero-order chi connectivity index (χ0) is 18.4. The Morgan fingerprint density at radius 2 is 1.75 bits per heavy atom. The van der Waals surface area contributed by atoms with Gasteiger partial charge in [-0.25, -0.2) is 4.39 Å². The van der Waals surface area contributed by atoms with E-state index in [0.29, 0.717) is 0 Å². The van der Waals surface area contributed by atoms with Crippen molar-refractivity contribution in [2.75, 3.05) is 5.32 Å². The molecule has 0 fully saturated rings. The number of carbonyl (C=O) groups excluding carboxylic acids is 1. The van der Waals surface area contributed by atoms with Gasteiger partial charge in [-0.2, -0.15) is 0 Å². The molecule has 0 aliphatic heterocycles. The van der Waals surface area contributed by atoms with Crippen molar-refractivity contribution in [3.63, 3.8) is 0 Å². The van der Waals surface area contributed by atoms with E-state index in [2.05, 4.69) is 5.32 Å². The number of anilines is 1. The van der Waals surface area contributed by atoms with Gasteiger partial charge in [0.1, 0.15) is 11.4 Å². The van der Waals surface area contributed by atoms with Crippen LogP contribution in [-0.2, 0) is 0 Å². The smallest absolute Gasteiger partial charge is 0.326 e. The minimum absolute atomic E-state index is 0.200. The predicted molar refractivity (Wildman–Crippen MR) is 90.5 cm³/mol. The lowest BCUT2D eigenvalue weighted by atomic mass is 10.1. The second kappa shape index (κ2) is 8.47. The van der Waals surface area contributed by atoms with Crippen LogP contribution >= 0.6 is 23.2 Å². The van der Waals surface area contributed by atoms with Crippen molar-refractivity contribution in [3.05, 3.63) is 61.9 Å². The fourth-order valence-electron chi connectivity index (χ4n) is 1.72. The van der Waals surface area contributed by atoms with Crippen molar-refractivity contribution < 1.29 is 19.2 Å². The molecule has 2 aromatic rings. The molecular formula is C15H13Cl2FN2O4. The lowest BCUT2D eigenvalue weighted by Gasteiger charge is -2.09. The van der Waals surface area contributed by atoms with Gasteiger partial charge in [0.25, 0.3) is 5.91 Å². The molecule has 0 saturated carbocycles. The number of nitrogens with zero attached hydrogens (tertiary/aromatic N) is 1. The molecule has 2 rings (SSSR count). The van der Waals surface area contributed by atoms with Gasteiger partial charge in [0.05, 0.1) is 15.0 Å². The molecule has 0 bridgehead atoms. The van der Waals surface area contributed by atoms with Crippen LogP contribution in [0.1, 0.15) is 24.2 Å².